The van der Waals surface area contributed by atoms with Gasteiger partial charge in [-0.3, -0.25) is 4.79 Å². The Balaban J connectivity index is 2.76. The van der Waals surface area contributed by atoms with E-state index in [1.54, 1.807) is 25.3 Å². The summed E-state index contributed by atoms with van der Waals surface area (Å²) >= 11 is 0. The van der Waals surface area contributed by atoms with Crippen LogP contribution in [0, 0.1) is 0 Å². The Morgan fingerprint density at radius 3 is 2.80 bits per heavy atom. The minimum absolute atomic E-state index is 0.485. The average molecular weight is 208 g/mol. The van der Waals surface area contributed by atoms with Crippen molar-refractivity contribution in [3.8, 4) is 5.75 Å². The first-order valence-electron chi connectivity index (χ1n) is 5.01. The molecular formula is C12H16O3. The van der Waals surface area contributed by atoms with Gasteiger partial charge in [0, 0.05) is 17.7 Å². The van der Waals surface area contributed by atoms with Crippen molar-refractivity contribution in [2.45, 2.75) is 20.0 Å². The van der Waals surface area contributed by atoms with E-state index in [0.717, 1.165) is 24.0 Å². The van der Waals surface area contributed by atoms with E-state index in [2.05, 4.69) is 6.92 Å². The highest BCUT2D eigenvalue weighted by Crippen LogP contribution is 2.20. The van der Waals surface area contributed by atoms with Crippen LogP contribution in [0.2, 0.25) is 0 Å². The smallest absolute Gasteiger partial charge is 0.150 e. The molecule has 0 heterocycles. The van der Waals surface area contributed by atoms with Gasteiger partial charge in [-0.15, -0.1) is 0 Å². The molecule has 0 aromatic heterocycles. The molecule has 0 aliphatic carbocycles. The molecular weight excluding hydrogens is 192 g/mol. The first-order chi connectivity index (χ1) is 7.31. The summed E-state index contributed by atoms with van der Waals surface area (Å²) in [5, 5.41) is 0. The summed E-state index contributed by atoms with van der Waals surface area (Å²) in [5.74, 6) is 0.761. The highest BCUT2D eigenvalue weighted by molar-refractivity contribution is 5.75. The van der Waals surface area contributed by atoms with Crippen molar-refractivity contribution in [1.82, 2.24) is 0 Å². The Kier molecular flexibility index (Phi) is 4.84. The molecule has 0 saturated carbocycles. The van der Waals surface area contributed by atoms with Crippen LogP contribution in [0.25, 0.3) is 0 Å². The van der Waals surface area contributed by atoms with Crippen molar-refractivity contribution in [2.24, 2.45) is 0 Å². The van der Waals surface area contributed by atoms with Gasteiger partial charge in [0.15, 0.2) is 0 Å². The number of benzene rings is 1. The molecule has 1 rings (SSSR count). The summed E-state index contributed by atoms with van der Waals surface area (Å²) in [5.41, 5.74) is 1.56. The number of hydrogen-bond acceptors (Lipinski definition) is 3. The van der Waals surface area contributed by atoms with Crippen molar-refractivity contribution in [2.75, 3.05) is 13.7 Å². The van der Waals surface area contributed by atoms with E-state index >= 15 is 0 Å². The third kappa shape index (κ3) is 3.36. The minimum atomic E-state index is 0.485. The molecule has 0 aliphatic rings. The number of carbonyl (C=O) groups excluding carboxylic acids is 1. The molecule has 0 radical (unpaired) electrons. The maximum absolute atomic E-state index is 10.6. The highest BCUT2D eigenvalue weighted by Gasteiger charge is 2.04. The van der Waals surface area contributed by atoms with E-state index in [-0.39, 0.29) is 0 Å². The van der Waals surface area contributed by atoms with Crippen LogP contribution >= 0.6 is 0 Å². The van der Waals surface area contributed by atoms with Crippen LogP contribution in [0.5, 0.6) is 5.75 Å². The minimum Gasteiger partial charge on any atom is -0.496 e. The molecule has 82 valence electrons. The quantitative estimate of drug-likeness (QED) is 0.532. The van der Waals surface area contributed by atoms with Gasteiger partial charge in [0.05, 0.1) is 13.7 Å². The normalized spacial score (nSPS) is 10.0. The summed E-state index contributed by atoms with van der Waals surface area (Å²) in [7, 11) is 1.61. The maximum Gasteiger partial charge on any atom is 0.150 e. The molecule has 3 nitrogen and oxygen atoms in total. The third-order valence-electron chi connectivity index (χ3n) is 2.05. The Hall–Kier alpha value is -1.35. The summed E-state index contributed by atoms with van der Waals surface area (Å²) in [6, 6.07) is 5.31. The molecule has 0 aliphatic heterocycles. The lowest BCUT2D eigenvalue weighted by atomic mass is 10.1. The topological polar surface area (TPSA) is 35.5 Å². The fraction of sp³-hybridized carbons (Fsp3) is 0.417. The van der Waals surface area contributed by atoms with Crippen LogP contribution in [0.4, 0.5) is 0 Å². The van der Waals surface area contributed by atoms with E-state index in [4.69, 9.17) is 9.47 Å². The zero-order chi connectivity index (χ0) is 11.1. The van der Waals surface area contributed by atoms with E-state index in [9.17, 15) is 4.79 Å². The molecule has 0 bridgehead atoms. The lowest BCUT2D eigenvalue weighted by Crippen LogP contribution is -1.98. The van der Waals surface area contributed by atoms with Gasteiger partial charge < -0.3 is 9.47 Å². The number of methoxy groups -OCH3 is 1. The van der Waals surface area contributed by atoms with Gasteiger partial charge in [-0.25, -0.2) is 0 Å². The SMILES string of the molecule is CCCOCc1cc(C=O)ccc1OC. The Labute approximate surface area is 90.0 Å². The van der Waals surface area contributed by atoms with Gasteiger partial charge in [0.25, 0.3) is 0 Å². The predicted octanol–water partition coefficient (Wildman–Crippen LogP) is 2.43. The standard InChI is InChI=1S/C12H16O3/c1-3-6-15-9-11-7-10(8-13)4-5-12(11)14-2/h4-5,7-8H,3,6,9H2,1-2H3. The van der Waals surface area contributed by atoms with Crippen LogP contribution in [-0.4, -0.2) is 20.0 Å². The number of ether oxygens (including phenoxy) is 2. The number of hydrogen-bond donors (Lipinski definition) is 0. The van der Waals surface area contributed by atoms with Crippen molar-refractivity contribution in [3.63, 3.8) is 0 Å². The van der Waals surface area contributed by atoms with Crippen LogP contribution in [0.3, 0.4) is 0 Å². The molecule has 0 amide bonds. The van der Waals surface area contributed by atoms with Gasteiger partial charge in [-0.05, 0) is 24.6 Å². The van der Waals surface area contributed by atoms with E-state index in [0.29, 0.717) is 18.8 Å². The monoisotopic (exact) mass is 208 g/mol. The first-order valence-corrected chi connectivity index (χ1v) is 5.01. The van der Waals surface area contributed by atoms with Gasteiger partial charge in [-0.2, -0.15) is 0 Å². The third-order valence-corrected chi connectivity index (χ3v) is 2.05. The summed E-state index contributed by atoms with van der Waals surface area (Å²) in [4.78, 5) is 10.6. The largest absolute Gasteiger partial charge is 0.496 e. The van der Waals surface area contributed by atoms with Crippen molar-refractivity contribution in [3.05, 3.63) is 29.3 Å². The van der Waals surface area contributed by atoms with E-state index in [1.165, 1.54) is 0 Å². The molecule has 0 unspecified atom stereocenters. The lowest BCUT2D eigenvalue weighted by Gasteiger charge is -2.09. The molecule has 15 heavy (non-hydrogen) atoms. The predicted molar refractivity (Wildman–Crippen MR) is 58.3 cm³/mol. The summed E-state index contributed by atoms with van der Waals surface area (Å²) in [6.07, 6.45) is 1.80. The van der Waals surface area contributed by atoms with E-state index < -0.39 is 0 Å². The van der Waals surface area contributed by atoms with Crippen molar-refractivity contribution < 1.29 is 14.3 Å². The zero-order valence-corrected chi connectivity index (χ0v) is 9.16. The average Bonchev–Trinajstić information content (AvgIpc) is 2.29. The first kappa shape index (κ1) is 11.7. The molecule has 1 aromatic rings. The Morgan fingerprint density at radius 1 is 1.40 bits per heavy atom. The summed E-state index contributed by atoms with van der Waals surface area (Å²) in [6.45, 7) is 3.26. The fourth-order valence-electron chi connectivity index (χ4n) is 1.31. The molecule has 3 heteroatoms. The molecule has 0 atom stereocenters. The van der Waals surface area contributed by atoms with Gasteiger partial charge in [-0.1, -0.05) is 6.92 Å². The number of rotatable bonds is 6. The second-order valence-corrected chi connectivity index (χ2v) is 3.24. The highest BCUT2D eigenvalue weighted by atomic mass is 16.5. The zero-order valence-electron chi connectivity index (χ0n) is 9.16. The van der Waals surface area contributed by atoms with Crippen LogP contribution in [0.15, 0.2) is 18.2 Å². The summed E-state index contributed by atoms with van der Waals surface area (Å²) < 4.78 is 10.6. The number of carbonyl (C=O) groups is 1. The Bertz CT molecular complexity index is 321. The van der Waals surface area contributed by atoms with Crippen molar-refractivity contribution in [1.29, 1.82) is 0 Å². The van der Waals surface area contributed by atoms with Crippen LogP contribution < -0.4 is 4.74 Å². The second kappa shape index (κ2) is 6.19. The molecule has 0 saturated heterocycles. The van der Waals surface area contributed by atoms with Crippen molar-refractivity contribution >= 4 is 6.29 Å². The molecule has 0 spiro atoms. The number of aldehydes is 1. The fourth-order valence-corrected chi connectivity index (χ4v) is 1.31. The van der Waals surface area contributed by atoms with Crippen LogP contribution in [0.1, 0.15) is 29.3 Å². The second-order valence-electron chi connectivity index (χ2n) is 3.24. The molecule has 1 aromatic carbocycles. The van der Waals surface area contributed by atoms with E-state index in [1.807, 2.05) is 0 Å². The van der Waals surface area contributed by atoms with Crippen LogP contribution in [-0.2, 0) is 11.3 Å². The Morgan fingerprint density at radius 2 is 2.20 bits per heavy atom. The van der Waals surface area contributed by atoms with Gasteiger partial charge in [0.1, 0.15) is 12.0 Å². The maximum atomic E-state index is 10.6. The molecule has 0 fully saturated rings. The lowest BCUT2D eigenvalue weighted by molar-refractivity contribution is 0.112. The molecule has 0 N–H and O–H groups in total. The van der Waals surface area contributed by atoms with Gasteiger partial charge >= 0.3 is 0 Å². The van der Waals surface area contributed by atoms with Gasteiger partial charge in [0.2, 0.25) is 0 Å².